The van der Waals surface area contributed by atoms with Gasteiger partial charge in [-0.2, -0.15) is 0 Å². The molecule has 0 radical (unpaired) electrons. The van der Waals surface area contributed by atoms with Crippen molar-refractivity contribution < 1.29 is 14.3 Å². The number of hydrogen-bond donors (Lipinski definition) is 2. The zero-order chi connectivity index (χ0) is 19.5. The first-order chi connectivity index (χ1) is 13.7. The summed E-state index contributed by atoms with van der Waals surface area (Å²) in [7, 11) is 0. The molecule has 2 aromatic rings. The number of aromatic nitrogens is 3. The maximum Gasteiger partial charge on any atom is 0.274 e. The van der Waals surface area contributed by atoms with Crippen LogP contribution in [0, 0.1) is 12.8 Å². The molecule has 2 heterocycles. The zero-order valence-electron chi connectivity index (χ0n) is 16.2. The van der Waals surface area contributed by atoms with Gasteiger partial charge in [0.05, 0.1) is 11.4 Å². The summed E-state index contributed by atoms with van der Waals surface area (Å²) < 4.78 is 12.8. The van der Waals surface area contributed by atoms with E-state index >= 15 is 0 Å². The molecule has 1 aromatic heterocycles. The van der Waals surface area contributed by atoms with Crippen molar-refractivity contribution in [2.75, 3.05) is 19.8 Å². The number of nitrogens with one attached hydrogen (secondary N) is 1. The molecule has 1 atom stereocenters. The third-order valence-corrected chi connectivity index (χ3v) is 5.67. The number of benzene rings is 1. The van der Waals surface area contributed by atoms with E-state index in [4.69, 9.17) is 15.2 Å². The Kier molecular flexibility index (Phi) is 5.47. The Morgan fingerprint density at radius 2 is 2.00 bits per heavy atom. The number of carbonyl (C=O) groups excluding carboxylic acids is 1. The first-order valence-electron chi connectivity index (χ1n) is 10.0. The van der Waals surface area contributed by atoms with Gasteiger partial charge in [-0.3, -0.25) is 4.79 Å². The maximum atomic E-state index is 12.8. The zero-order valence-corrected chi connectivity index (χ0v) is 16.2. The summed E-state index contributed by atoms with van der Waals surface area (Å²) in [5.41, 5.74) is 7.72. The quantitative estimate of drug-likeness (QED) is 0.816. The van der Waals surface area contributed by atoms with E-state index in [0.717, 1.165) is 18.5 Å². The summed E-state index contributed by atoms with van der Waals surface area (Å²) in [4.78, 5) is 12.8. The molecule has 1 fully saturated rings. The highest BCUT2D eigenvalue weighted by molar-refractivity contribution is 5.93. The lowest BCUT2D eigenvalue weighted by Crippen LogP contribution is -2.46. The van der Waals surface area contributed by atoms with Crippen molar-refractivity contribution in [3.63, 3.8) is 0 Å². The normalized spacial score (nSPS) is 17.9. The minimum atomic E-state index is -0.220. The first kappa shape index (κ1) is 18.7. The molecule has 1 aliphatic heterocycles. The van der Waals surface area contributed by atoms with E-state index in [1.807, 2.05) is 25.1 Å². The molecule has 1 unspecified atom stereocenters. The Morgan fingerprint density at radius 3 is 2.75 bits per heavy atom. The van der Waals surface area contributed by atoms with E-state index in [0.29, 0.717) is 48.6 Å². The molecule has 8 nitrogen and oxygen atoms in total. The Morgan fingerprint density at radius 1 is 1.25 bits per heavy atom. The highest BCUT2D eigenvalue weighted by atomic mass is 16.6. The van der Waals surface area contributed by atoms with Crippen LogP contribution < -0.4 is 20.5 Å². The number of fused-ring (bicyclic) bond motifs is 1. The summed E-state index contributed by atoms with van der Waals surface area (Å²) in [5.74, 6) is 1.60. The Balaban J connectivity index is 1.52. The van der Waals surface area contributed by atoms with E-state index in [-0.39, 0.29) is 11.9 Å². The molecule has 28 heavy (non-hydrogen) atoms. The van der Waals surface area contributed by atoms with Crippen LogP contribution >= 0.6 is 0 Å². The lowest BCUT2D eigenvalue weighted by atomic mass is 9.84. The van der Waals surface area contributed by atoms with E-state index in [1.54, 1.807) is 4.68 Å². The number of nitrogens with two attached hydrogens (primary N) is 1. The van der Waals surface area contributed by atoms with Crippen molar-refractivity contribution in [1.29, 1.82) is 0 Å². The average Bonchev–Trinajstić information content (AvgIpc) is 3.13. The number of amides is 1. The maximum absolute atomic E-state index is 12.8. The van der Waals surface area contributed by atoms with Crippen molar-refractivity contribution >= 4 is 5.91 Å². The summed E-state index contributed by atoms with van der Waals surface area (Å²) in [5, 5.41) is 11.4. The lowest BCUT2D eigenvalue weighted by molar-refractivity contribution is 0.0909. The number of nitrogens with zero attached hydrogens (tertiary/aromatic N) is 3. The first-order valence-corrected chi connectivity index (χ1v) is 10.0. The van der Waals surface area contributed by atoms with Crippen LogP contribution in [0.15, 0.2) is 18.2 Å². The molecule has 150 valence electrons. The molecule has 3 N–H and O–H groups in total. The van der Waals surface area contributed by atoms with Crippen LogP contribution in [0.4, 0.5) is 0 Å². The molecule has 2 aliphatic rings. The average molecular weight is 385 g/mol. The van der Waals surface area contributed by atoms with Crippen molar-refractivity contribution in [1.82, 2.24) is 20.3 Å². The molecule has 0 spiro atoms. The van der Waals surface area contributed by atoms with Crippen LogP contribution in [0.2, 0.25) is 0 Å². The fourth-order valence-corrected chi connectivity index (χ4v) is 4.09. The number of ether oxygens (including phenoxy) is 2. The van der Waals surface area contributed by atoms with Gasteiger partial charge in [-0.05, 0) is 37.8 Å². The standard InChI is InChI=1S/C20H27N5O3/c1-13-19(20(26)22-16(12-21)14-5-3-2-4-6-14)23-24-25(13)15-7-8-17-18(11-15)28-10-9-27-17/h7-8,11,14,16H,2-6,9-10,12,21H2,1H3,(H,22,26). The Bertz CT molecular complexity index is 844. The molecule has 1 amide bonds. The van der Waals surface area contributed by atoms with Gasteiger partial charge in [0, 0.05) is 18.7 Å². The van der Waals surface area contributed by atoms with Crippen molar-refractivity contribution in [3.8, 4) is 17.2 Å². The number of hydrogen-bond acceptors (Lipinski definition) is 6. The van der Waals surface area contributed by atoms with Gasteiger partial charge in [-0.1, -0.05) is 24.5 Å². The van der Waals surface area contributed by atoms with E-state index in [2.05, 4.69) is 15.6 Å². The van der Waals surface area contributed by atoms with E-state index < -0.39 is 0 Å². The highest BCUT2D eigenvalue weighted by Crippen LogP contribution is 2.32. The van der Waals surface area contributed by atoms with Crippen LogP contribution in [0.3, 0.4) is 0 Å². The molecular formula is C20H27N5O3. The van der Waals surface area contributed by atoms with Crippen LogP contribution in [-0.2, 0) is 0 Å². The molecule has 1 aliphatic carbocycles. The minimum absolute atomic E-state index is 0.0216. The second kappa shape index (κ2) is 8.18. The molecule has 8 heteroatoms. The molecule has 1 saturated carbocycles. The van der Waals surface area contributed by atoms with Gasteiger partial charge in [-0.25, -0.2) is 4.68 Å². The monoisotopic (exact) mass is 385 g/mol. The van der Waals surface area contributed by atoms with Crippen molar-refractivity contribution in [2.45, 2.75) is 45.1 Å². The van der Waals surface area contributed by atoms with Crippen molar-refractivity contribution in [2.24, 2.45) is 11.7 Å². The third kappa shape index (κ3) is 3.69. The van der Waals surface area contributed by atoms with Crippen LogP contribution in [-0.4, -0.2) is 46.7 Å². The van der Waals surface area contributed by atoms with E-state index in [1.165, 1.54) is 19.3 Å². The largest absolute Gasteiger partial charge is 0.486 e. The second-order valence-corrected chi connectivity index (χ2v) is 7.48. The van der Waals surface area contributed by atoms with Gasteiger partial charge in [0.25, 0.3) is 5.91 Å². The molecule has 0 saturated heterocycles. The van der Waals surface area contributed by atoms with Gasteiger partial charge in [0.2, 0.25) is 0 Å². The second-order valence-electron chi connectivity index (χ2n) is 7.48. The van der Waals surface area contributed by atoms with Crippen LogP contribution in [0.1, 0.15) is 48.3 Å². The molecule has 1 aromatic carbocycles. The van der Waals surface area contributed by atoms with Gasteiger partial charge >= 0.3 is 0 Å². The summed E-state index contributed by atoms with van der Waals surface area (Å²) >= 11 is 0. The van der Waals surface area contributed by atoms with E-state index in [9.17, 15) is 4.79 Å². The predicted octanol–water partition coefficient (Wildman–Crippen LogP) is 1.98. The summed E-state index contributed by atoms with van der Waals surface area (Å²) in [6.07, 6.45) is 5.91. The number of carbonyl (C=O) groups is 1. The van der Waals surface area contributed by atoms with Crippen molar-refractivity contribution in [3.05, 3.63) is 29.6 Å². The predicted molar refractivity (Wildman–Crippen MR) is 104 cm³/mol. The Hall–Kier alpha value is -2.61. The SMILES string of the molecule is Cc1c(C(=O)NC(CN)C2CCCCC2)nnn1-c1ccc2c(c1)OCCO2. The van der Waals surface area contributed by atoms with Gasteiger partial charge in [-0.15, -0.1) is 5.10 Å². The minimum Gasteiger partial charge on any atom is -0.486 e. The van der Waals surface area contributed by atoms with Crippen LogP contribution in [0.25, 0.3) is 5.69 Å². The topological polar surface area (TPSA) is 104 Å². The van der Waals surface area contributed by atoms with Gasteiger partial charge in [0.1, 0.15) is 13.2 Å². The number of rotatable bonds is 5. The molecular weight excluding hydrogens is 358 g/mol. The molecule has 4 rings (SSSR count). The van der Waals surface area contributed by atoms with Gasteiger partial charge in [0.15, 0.2) is 17.2 Å². The smallest absolute Gasteiger partial charge is 0.274 e. The fourth-order valence-electron chi connectivity index (χ4n) is 4.09. The summed E-state index contributed by atoms with van der Waals surface area (Å²) in [6.45, 7) is 3.33. The lowest BCUT2D eigenvalue weighted by Gasteiger charge is -2.29. The fraction of sp³-hybridized carbons (Fsp3) is 0.550. The third-order valence-electron chi connectivity index (χ3n) is 5.67. The Labute approximate surface area is 164 Å². The highest BCUT2D eigenvalue weighted by Gasteiger charge is 2.26. The molecule has 0 bridgehead atoms. The van der Waals surface area contributed by atoms with Gasteiger partial charge < -0.3 is 20.5 Å². The summed E-state index contributed by atoms with van der Waals surface area (Å²) in [6, 6.07) is 5.55. The van der Waals surface area contributed by atoms with Crippen LogP contribution in [0.5, 0.6) is 11.5 Å².